The lowest BCUT2D eigenvalue weighted by molar-refractivity contribution is 0.0927. The summed E-state index contributed by atoms with van der Waals surface area (Å²) in [4.78, 5) is 16.4. The highest BCUT2D eigenvalue weighted by molar-refractivity contribution is 5.97. The van der Waals surface area contributed by atoms with Crippen LogP contribution in [0.4, 0.5) is 0 Å². The first-order chi connectivity index (χ1) is 9.24. The van der Waals surface area contributed by atoms with Crippen LogP contribution in [0, 0.1) is 6.92 Å². The largest absolute Gasteiger partial charge is 0.349 e. The van der Waals surface area contributed by atoms with E-state index < -0.39 is 0 Å². The smallest absolute Gasteiger partial charge is 0.253 e. The molecule has 0 radical (unpaired) electrons. The number of aryl methyl sites for hydroxylation is 1. The first-order valence-electron chi connectivity index (χ1n) is 6.85. The summed E-state index contributed by atoms with van der Waals surface area (Å²) in [6.07, 6.45) is 7.50. The second-order valence-electron chi connectivity index (χ2n) is 5.24. The molecule has 2 aromatic rings. The molecule has 1 saturated carbocycles. The summed E-state index contributed by atoms with van der Waals surface area (Å²) >= 11 is 0. The molecule has 1 aliphatic carbocycles. The van der Waals surface area contributed by atoms with Gasteiger partial charge in [-0.3, -0.25) is 9.89 Å². The van der Waals surface area contributed by atoms with Gasteiger partial charge in [0.25, 0.3) is 5.91 Å². The van der Waals surface area contributed by atoms with Crippen LogP contribution < -0.4 is 5.32 Å². The summed E-state index contributed by atoms with van der Waals surface area (Å²) in [5, 5.41) is 11.0. The molecule has 2 heterocycles. The SMILES string of the molecule is Cc1n[nH]c2ncc(C(=O)NC3CCCCC3)cc12. The van der Waals surface area contributed by atoms with E-state index in [2.05, 4.69) is 20.5 Å². The number of nitrogens with zero attached hydrogens (tertiary/aromatic N) is 2. The highest BCUT2D eigenvalue weighted by atomic mass is 16.1. The van der Waals surface area contributed by atoms with Gasteiger partial charge in [-0.15, -0.1) is 0 Å². The van der Waals surface area contributed by atoms with Gasteiger partial charge in [-0.2, -0.15) is 5.10 Å². The number of aromatic nitrogens is 3. The number of carbonyl (C=O) groups is 1. The van der Waals surface area contributed by atoms with Crippen LogP contribution in [0.15, 0.2) is 12.3 Å². The number of H-pyrrole nitrogens is 1. The van der Waals surface area contributed by atoms with Gasteiger partial charge in [0.1, 0.15) is 0 Å². The first kappa shape index (κ1) is 12.1. The van der Waals surface area contributed by atoms with E-state index >= 15 is 0 Å². The third kappa shape index (κ3) is 2.45. The quantitative estimate of drug-likeness (QED) is 0.868. The van der Waals surface area contributed by atoms with Crippen LogP contribution in [0.5, 0.6) is 0 Å². The molecule has 19 heavy (non-hydrogen) atoms. The van der Waals surface area contributed by atoms with E-state index in [4.69, 9.17) is 0 Å². The molecule has 1 fully saturated rings. The zero-order chi connectivity index (χ0) is 13.2. The van der Waals surface area contributed by atoms with Gasteiger partial charge >= 0.3 is 0 Å². The van der Waals surface area contributed by atoms with Gasteiger partial charge in [0.15, 0.2) is 5.65 Å². The lowest BCUT2D eigenvalue weighted by Crippen LogP contribution is -2.36. The van der Waals surface area contributed by atoms with Crippen LogP contribution in [0.25, 0.3) is 11.0 Å². The van der Waals surface area contributed by atoms with Crippen LogP contribution in [-0.2, 0) is 0 Å². The fraction of sp³-hybridized carbons (Fsp3) is 0.500. The maximum atomic E-state index is 12.2. The summed E-state index contributed by atoms with van der Waals surface area (Å²) in [5.74, 6) is -0.0260. The highest BCUT2D eigenvalue weighted by Gasteiger charge is 2.17. The molecule has 0 aliphatic heterocycles. The standard InChI is InChI=1S/C14H18N4O/c1-9-12-7-10(8-15-13(12)18-17-9)14(19)16-11-5-3-2-4-6-11/h7-8,11H,2-6H2,1H3,(H,16,19)(H,15,17,18). The fourth-order valence-electron chi connectivity index (χ4n) is 2.67. The molecule has 0 aromatic carbocycles. The Bertz CT molecular complexity index is 599. The van der Waals surface area contributed by atoms with Gasteiger partial charge in [-0.25, -0.2) is 4.98 Å². The lowest BCUT2D eigenvalue weighted by atomic mass is 9.95. The van der Waals surface area contributed by atoms with Gasteiger partial charge in [0.2, 0.25) is 0 Å². The van der Waals surface area contributed by atoms with Crippen molar-refractivity contribution in [1.82, 2.24) is 20.5 Å². The van der Waals surface area contributed by atoms with Gasteiger partial charge < -0.3 is 5.32 Å². The molecule has 0 unspecified atom stereocenters. The minimum atomic E-state index is -0.0260. The molecule has 0 saturated heterocycles. The minimum Gasteiger partial charge on any atom is -0.349 e. The second-order valence-corrected chi connectivity index (χ2v) is 5.24. The Kier molecular flexibility index (Phi) is 3.19. The average molecular weight is 258 g/mol. The normalized spacial score (nSPS) is 16.7. The van der Waals surface area contributed by atoms with Crippen molar-refractivity contribution in [3.8, 4) is 0 Å². The number of pyridine rings is 1. The summed E-state index contributed by atoms with van der Waals surface area (Å²) in [5.41, 5.74) is 2.21. The van der Waals surface area contributed by atoms with Crippen molar-refractivity contribution in [2.24, 2.45) is 0 Å². The van der Waals surface area contributed by atoms with Crippen molar-refractivity contribution < 1.29 is 4.79 Å². The third-order valence-corrected chi connectivity index (χ3v) is 3.81. The van der Waals surface area contributed by atoms with E-state index in [-0.39, 0.29) is 5.91 Å². The van der Waals surface area contributed by atoms with Crippen molar-refractivity contribution in [2.45, 2.75) is 45.1 Å². The van der Waals surface area contributed by atoms with Gasteiger partial charge in [-0.1, -0.05) is 19.3 Å². The predicted octanol–water partition coefficient (Wildman–Crippen LogP) is 2.33. The Morgan fingerprint density at radius 1 is 1.37 bits per heavy atom. The Morgan fingerprint density at radius 3 is 2.95 bits per heavy atom. The fourth-order valence-corrected chi connectivity index (χ4v) is 2.67. The Balaban J connectivity index is 1.78. The molecule has 0 atom stereocenters. The molecule has 0 spiro atoms. The molecule has 5 nitrogen and oxygen atoms in total. The maximum absolute atomic E-state index is 12.2. The highest BCUT2D eigenvalue weighted by Crippen LogP contribution is 2.19. The number of carbonyl (C=O) groups excluding carboxylic acids is 1. The topological polar surface area (TPSA) is 70.7 Å². The molecular weight excluding hydrogens is 240 g/mol. The number of amides is 1. The first-order valence-corrected chi connectivity index (χ1v) is 6.85. The number of hydrogen-bond acceptors (Lipinski definition) is 3. The van der Waals surface area contributed by atoms with Crippen LogP contribution in [0.3, 0.4) is 0 Å². The molecule has 3 rings (SSSR count). The zero-order valence-corrected chi connectivity index (χ0v) is 11.1. The number of rotatable bonds is 2. The van der Waals surface area contributed by atoms with Crippen molar-refractivity contribution in [3.05, 3.63) is 23.5 Å². The van der Waals surface area contributed by atoms with Crippen molar-refractivity contribution in [2.75, 3.05) is 0 Å². The molecular formula is C14H18N4O. The monoisotopic (exact) mass is 258 g/mol. The van der Waals surface area contributed by atoms with Crippen molar-refractivity contribution in [3.63, 3.8) is 0 Å². The van der Waals surface area contributed by atoms with Gasteiger partial charge in [0, 0.05) is 17.6 Å². The van der Waals surface area contributed by atoms with E-state index in [1.54, 1.807) is 6.20 Å². The van der Waals surface area contributed by atoms with Crippen LogP contribution in [-0.4, -0.2) is 27.1 Å². The molecule has 0 bridgehead atoms. The Labute approximate surface area is 111 Å². The predicted molar refractivity (Wildman–Crippen MR) is 73.0 cm³/mol. The molecule has 1 aliphatic rings. The van der Waals surface area contributed by atoms with E-state index in [1.807, 2.05) is 13.0 Å². The second kappa shape index (κ2) is 4.99. The summed E-state index contributed by atoms with van der Waals surface area (Å²) in [6.45, 7) is 1.91. The number of hydrogen-bond donors (Lipinski definition) is 2. The molecule has 2 N–H and O–H groups in total. The molecule has 100 valence electrons. The van der Waals surface area contributed by atoms with Crippen LogP contribution in [0.2, 0.25) is 0 Å². The zero-order valence-electron chi connectivity index (χ0n) is 11.1. The van der Waals surface area contributed by atoms with Crippen LogP contribution >= 0.6 is 0 Å². The van der Waals surface area contributed by atoms with E-state index in [9.17, 15) is 4.79 Å². The molecule has 1 amide bonds. The minimum absolute atomic E-state index is 0.0260. The van der Waals surface area contributed by atoms with Gasteiger partial charge in [0.05, 0.1) is 11.3 Å². The summed E-state index contributed by atoms with van der Waals surface area (Å²) in [7, 11) is 0. The summed E-state index contributed by atoms with van der Waals surface area (Å²) in [6, 6.07) is 2.18. The average Bonchev–Trinajstić information content (AvgIpc) is 2.81. The van der Waals surface area contributed by atoms with E-state index in [0.29, 0.717) is 11.6 Å². The Morgan fingerprint density at radius 2 is 2.16 bits per heavy atom. The van der Waals surface area contributed by atoms with E-state index in [1.165, 1.54) is 19.3 Å². The Hall–Kier alpha value is -1.91. The molecule has 2 aromatic heterocycles. The van der Waals surface area contributed by atoms with Crippen molar-refractivity contribution in [1.29, 1.82) is 0 Å². The number of nitrogens with one attached hydrogen (secondary N) is 2. The maximum Gasteiger partial charge on any atom is 0.253 e. The third-order valence-electron chi connectivity index (χ3n) is 3.81. The summed E-state index contributed by atoms with van der Waals surface area (Å²) < 4.78 is 0. The number of fused-ring (bicyclic) bond motifs is 1. The molecule has 5 heteroatoms. The van der Waals surface area contributed by atoms with Gasteiger partial charge in [-0.05, 0) is 25.8 Å². The van der Waals surface area contributed by atoms with Crippen LogP contribution in [0.1, 0.15) is 48.2 Å². The van der Waals surface area contributed by atoms with Crippen molar-refractivity contribution >= 4 is 16.9 Å². The van der Waals surface area contributed by atoms with E-state index in [0.717, 1.165) is 29.6 Å². The lowest BCUT2D eigenvalue weighted by Gasteiger charge is -2.22. The number of aromatic amines is 1.